The summed E-state index contributed by atoms with van der Waals surface area (Å²) in [6.45, 7) is 3.32. The summed E-state index contributed by atoms with van der Waals surface area (Å²) in [5, 5.41) is 3.27. The second-order valence-electron chi connectivity index (χ2n) is 7.13. The van der Waals surface area contributed by atoms with Crippen LogP contribution in [0.2, 0.25) is 0 Å². The van der Waals surface area contributed by atoms with Gasteiger partial charge < -0.3 is 19.7 Å². The first-order valence-electron chi connectivity index (χ1n) is 8.58. The maximum Gasteiger partial charge on any atom is 0.317 e. The lowest BCUT2D eigenvalue weighted by Crippen LogP contribution is -2.50. The van der Waals surface area contributed by atoms with Crippen LogP contribution < -0.4 is 5.32 Å². The van der Waals surface area contributed by atoms with Crippen LogP contribution in [-0.2, 0) is 9.47 Å². The largest absolute Gasteiger partial charge is 0.381 e. The van der Waals surface area contributed by atoms with Gasteiger partial charge >= 0.3 is 6.03 Å². The molecule has 0 radical (unpaired) electrons. The predicted octanol–water partition coefficient (Wildman–Crippen LogP) is 1.76. The van der Waals surface area contributed by atoms with Crippen LogP contribution in [0.1, 0.15) is 38.5 Å². The molecule has 5 nitrogen and oxygen atoms in total. The van der Waals surface area contributed by atoms with Crippen molar-refractivity contribution in [3.63, 3.8) is 0 Å². The van der Waals surface area contributed by atoms with E-state index in [2.05, 4.69) is 10.2 Å². The lowest BCUT2D eigenvalue weighted by Gasteiger charge is -2.28. The molecule has 2 aliphatic heterocycles. The number of rotatable bonds is 5. The number of nitrogens with one attached hydrogen (secondary N) is 1. The van der Waals surface area contributed by atoms with Gasteiger partial charge in [-0.05, 0) is 44.4 Å². The van der Waals surface area contributed by atoms with Gasteiger partial charge in [0.1, 0.15) is 0 Å². The molecule has 4 aliphatic rings. The Morgan fingerprint density at radius 2 is 1.95 bits per heavy atom. The molecule has 0 aromatic carbocycles. The number of nitrogens with zero attached hydrogens (tertiary/aromatic N) is 1. The molecule has 21 heavy (non-hydrogen) atoms. The Kier molecular flexibility index (Phi) is 3.79. The second kappa shape index (κ2) is 5.76. The minimum Gasteiger partial charge on any atom is -0.381 e. The number of hydrogen-bond donors (Lipinski definition) is 1. The van der Waals surface area contributed by atoms with Crippen LogP contribution >= 0.6 is 0 Å². The zero-order valence-electron chi connectivity index (χ0n) is 12.6. The minimum absolute atomic E-state index is 0.130. The summed E-state index contributed by atoms with van der Waals surface area (Å²) in [5.74, 6) is 1.21. The maximum absolute atomic E-state index is 12.7. The van der Waals surface area contributed by atoms with E-state index in [9.17, 15) is 4.79 Å². The normalized spacial score (nSPS) is 35.9. The van der Waals surface area contributed by atoms with Gasteiger partial charge in [0, 0.05) is 31.7 Å². The van der Waals surface area contributed by atoms with Gasteiger partial charge in [-0.15, -0.1) is 0 Å². The quantitative estimate of drug-likeness (QED) is 0.840. The highest BCUT2D eigenvalue weighted by atomic mass is 16.5. The Balaban J connectivity index is 1.34. The molecule has 0 bridgehead atoms. The fourth-order valence-electron chi connectivity index (χ4n) is 3.69. The zero-order valence-corrected chi connectivity index (χ0v) is 12.6. The molecule has 5 heteroatoms. The molecular weight excluding hydrogens is 268 g/mol. The van der Waals surface area contributed by atoms with Crippen molar-refractivity contribution in [1.82, 2.24) is 10.2 Å². The highest BCUT2D eigenvalue weighted by Crippen LogP contribution is 2.39. The van der Waals surface area contributed by atoms with Crippen molar-refractivity contribution in [2.75, 3.05) is 26.4 Å². The highest BCUT2D eigenvalue weighted by molar-refractivity contribution is 5.75. The number of amides is 2. The van der Waals surface area contributed by atoms with Crippen molar-refractivity contribution in [3.05, 3.63) is 0 Å². The van der Waals surface area contributed by atoms with Gasteiger partial charge in [0.05, 0.1) is 18.8 Å². The van der Waals surface area contributed by atoms with Crippen LogP contribution in [0.4, 0.5) is 4.79 Å². The van der Waals surface area contributed by atoms with E-state index in [1.807, 2.05) is 0 Å². The summed E-state index contributed by atoms with van der Waals surface area (Å²) >= 11 is 0. The van der Waals surface area contributed by atoms with Crippen molar-refractivity contribution in [1.29, 1.82) is 0 Å². The summed E-state index contributed by atoms with van der Waals surface area (Å²) in [5.41, 5.74) is 0. The molecule has 2 saturated carbocycles. The maximum atomic E-state index is 12.7. The van der Waals surface area contributed by atoms with Crippen molar-refractivity contribution < 1.29 is 14.3 Å². The minimum atomic E-state index is 0.130. The molecule has 4 fully saturated rings. The smallest absolute Gasteiger partial charge is 0.317 e. The van der Waals surface area contributed by atoms with Crippen molar-refractivity contribution >= 4 is 6.03 Å². The average molecular weight is 294 g/mol. The second-order valence-corrected chi connectivity index (χ2v) is 7.13. The Bertz CT molecular complexity index is 389. The SMILES string of the molecule is O=C(NC1CCOC1C1CC1)N(CC1CCOC1)C1CC1. The third-order valence-electron chi connectivity index (χ3n) is 5.26. The van der Waals surface area contributed by atoms with Crippen molar-refractivity contribution in [3.8, 4) is 0 Å². The standard InChI is InChI=1S/C16H26N2O3/c19-16(17-14-6-8-21-15(14)12-1-2-12)18(13-3-4-13)9-11-5-7-20-10-11/h11-15H,1-10H2,(H,17,19). The highest BCUT2D eigenvalue weighted by Gasteiger charge is 2.43. The van der Waals surface area contributed by atoms with Crippen LogP contribution in [0.5, 0.6) is 0 Å². The van der Waals surface area contributed by atoms with E-state index < -0.39 is 0 Å². The van der Waals surface area contributed by atoms with Crippen LogP contribution in [0.15, 0.2) is 0 Å². The lowest BCUT2D eigenvalue weighted by atomic mass is 10.1. The molecule has 2 aliphatic carbocycles. The van der Waals surface area contributed by atoms with E-state index >= 15 is 0 Å². The first-order chi connectivity index (χ1) is 10.3. The monoisotopic (exact) mass is 294 g/mol. The molecule has 4 rings (SSSR count). The Hall–Kier alpha value is -0.810. The number of carbonyl (C=O) groups excluding carboxylic acids is 1. The van der Waals surface area contributed by atoms with Crippen LogP contribution in [0.25, 0.3) is 0 Å². The fraction of sp³-hybridized carbons (Fsp3) is 0.938. The summed E-state index contributed by atoms with van der Waals surface area (Å²) in [4.78, 5) is 14.7. The molecule has 0 aromatic rings. The number of carbonyl (C=O) groups is 1. The Labute approximate surface area is 126 Å². The number of hydrogen-bond acceptors (Lipinski definition) is 3. The first kappa shape index (κ1) is 13.8. The van der Waals surface area contributed by atoms with Crippen LogP contribution in [0, 0.1) is 11.8 Å². The first-order valence-corrected chi connectivity index (χ1v) is 8.58. The van der Waals surface area contributed by atoms with Gasteiger partial charge in [-0.25, -0.2) is 4.79 Å². The molecule has 0 aromatic heterocycles. The van der Waals surface area contributed by atoms with E-state index in [4.69, 9.17) is 9.47 Å². The molecule has 2 saturated heterocycles. The van der Waals surface area contributed by atoms with Crippen molar-refractivity contribution in [2.24, 2.45) is 11.8 Å². The van der Waals surface area contributed by atoms with Crippen LogP contribution in [0.3, 0.4) is 0 Å². The molecule has 3 atom stereocenters. The molecule has 118 valence electrons. The Morgan fingerprint density at radius 1 is 1.10 bits per heavy atom. The van der Waals surface area contributed by atoms with Gasteiger partial charge in [-0.1, -0.05) is 0 Å². The number of urea groups is 1. The fourth-order valence-corrected chi connectivity index (χ4v) is 3.69. The third kappa shape index (κ3) is 3.19. The summed E-state index contributed by atoms with van der Waals surface area (Å²) < 4.78 is 11.3. The van der Waals surface area contributed by atoms with E-state index in [0.29, 0.717) is 17.9 Å². The molecular formula is C16H26N2O3. The summed E-state index contributed by atoms with van der Waals surface area (Å²) in [6, 6.07) is 0.823. The van der Waals surface area contributed by atoms with E-state index in [1.165, 1.54) is 12.8 Å². The topological polar surface area (TPSA) is 50.8 Å². The van der Waals surface area contributed by atoms with Gasteiger partial charge in [-0.3, -0.25) is 0 Å². The average Bonchev–Trinajstić information content (AvgIpc) is 3.41. The predicted molar refractivity (Wildman–Crippen MR) is 78.1 cm³/mol. The molecule has 3 unspecified atom stereocenters. The van der Waals surface area contributed by atoms with Gasteiger partial charge in [0.25, 0.3) is 0 Å². The summed E-state index contributed by atoms with van der Waals surface area (Å²) in [6.07, 6.45) is 7.18. The molecule has 2 amide bonds. The zero-order chi connectivity index (χ0) is 14.2. The van der Waals surface area contributed by atoms with Crippen molar-refractivity contribution in [2.45, 2.75) is 56.7 Å². The Morgan fingerprint density at radius 3 is 2.62 bits per heavy atom. The summed E-state index contributed by atoms with van der Waals surface area (Å²) in [7, 11) is 0. The van der Waals surface area contributed by atoms with E-state index in [0.717, 1.165) is 52.0 Å². The third-order valence-corrected chi connectivity index (χ3v) is 5.26. The molecule has 0 spiro atoms. The van der Waals surface area contributed by atoms with Gasteiger partial charge in [0.2, 0.25) is 0 Å². The number of ether oxygens (including phenoxy) is 2. The lowest BCUT2D eigenvalue weighted by molar-refractivity contribution is 0.0804. The van der Waals surface area contributed by atoms with Gasteiger partial charge in [-0.2, -0.15) is 0 Å². The van der Waals surface area contributed by atoms with E-state index in [-0.39, 0.29) is 18.2 Å². The molecule has 2 heterocycles. The van der Waals surface area contributed by atoms with Gasteiger partial charge in [0.15, 0.2) is 0 Å². The molecule has 1 N–H and O–H groups in total. The van der Waals surface area contributed by atoms with Crippen LogP contribution in [-0.4, -0.2) is 55.5 Å². The van der Waals surface area contributed by atoms with E-state index in [1.54, 1.807) is 0 Å².